The average Bonchev–Trinajstić information content (AvgIpc) is 2.42. The van der Waals surface area contributed by atoms with Crippen LogP contribution >= 0.6 is 27.5 Å². The van der Waals surface area contributed by atoms with Gasteiger partial charge in [0.2, 0.25) is 10.0 Å². The lowest BCUT2D eigenvalue weighted by Gasteiger charge is -2.10. The maximum atomic E-state index is 12.2. The first kappa shape index (κ1) is 16.3. The van der Waals surface area contributed by atoms with Crippen molar-refractivity contribution in [3.05, 3.63) is 63.1 Å². The van der Waals surface area contributed by atoms with Gasteiger partial charge in [-0.1, -0.05) is 51.8 Å². The number of aliphatic hydroxyl groups excluding tert-OH is 1. The van der Waals surface area contributed by atoms with E-state index >= 15 is 0 Å². The Morgan fingerprint density at radius 1 is 1.14 bits per heavy atom. The van der Waals surface area contributed by atoms with Gasteiger partial charge in [0.1, 0.15) is 0 Å². The van der Waals surface area contributed by atoms with Crippen molar-refractivity contribution in [2.75, 3.05) is 4.72 Å². The molecule has 0 spiro atoms. The van der Waals surface area contributed by atoms with Gasteiger partial charge in [-0.3, -0.25) is 4.72 Å². The van der Waals surface area contributed by atoms with Crippen LogP contribution in [-0.2, 0) is 22.4 Å². The lowest BCUT2D eigenvalue weighted by molar-refractivity contribution is 0.282. The highest BCUT2D eigenvalue weighted by atomic mass is 79.9. The topological polar surface area (TPSA) is 66.4 Å². The molecule has 0 fully saturated rings. The highest BCUT2D eigenvalue weighted by molar-refractivity contribution is 9.10. The number of sulfonamides is 1. The Morgan fingerprint density at radius 2 is 1.86 bits per heavy atom. The lowest BCUT2D eigenvalue weighted by atomic mass is 10.1. The van der Waals surface area contributed by atoms with Crippen molar-refractivity contribution in [3.8, 4) is 0 Å². The van der Waals surface area contributed by atoms with E-state index in [0.717, 1.165) is 4.47 Å². The number of nitrogens with one attached hydrogen (secondary N) is 1. The Hall–Kier alpha value is -1.08. The van der Waals surface area contributed by atoms with Gasteiger partial charge in [-0.2, -0.15) is 0 Å². The summed E-state index contributed by atoms with van der Waals surface area (Å²) in [4.78, 5) is 0. The molecule has 0 heterocycles. The van der Waals surface area contributed by atoms with Crippen LogP contribution in [0, 0.1) is 0 Å². The standard InChI is InChI=1S/C14H13BrClNO3S/c15-12-4-5-13(16)14(7-12)17-21(19,20)9-11-3-1-2-10(6-11)8-18/h1-7,17-18H,8-9H2. The van der Waals surface area contributed by atoms with Crippen LogP contribution in [0.3, 0.4) is 0 Å². The minimum absolute atomic E-state index is 0.126. The molecule has 0 bridgehead atoms. The van der Waals surface area contributed by atoms with E-state index in [1.54, 1.807) is 42.5 Å². The molecular formula is C14H13BrClNO3S. The van der Waals surface area contributed by atoms with Crippen LogP contribution in [0.2, 0.25) is 5.02 Å². The molecule has 2 aromatic carbocycles. The van der Waals surface area contributed by atoms with E-state index in [9.17, 15) is 8.42 Å². The normalized spacial score (nSPS) is 11.4. The third kappa shape index (κ3) is 4.71. The molecule has 2 aromatic rings. The van der Waals surface area contributed by atoms with E-state index in [0.29, 0.717) is 21.8 Å². The Labute approximate surface area is 136 Å². The molecule has 112 valence electrons. The smallest absolute Gasteiger partial charge is 0.236 e. The van der Waals surface area contributed by atoms with Gasteiger partial charge in [0, 0.05) is 4.47 Å². The minimum atomic E-state index is -3.59. The SMILES string of the molecule is O=S(=O)(Cc1cccc(CO)c1)Nc1cc(Br)ccc1Cl. The Morgan fingerprint density at radius 3 is 2.57 bits per heavy atom. The summed E-state index contributed by atoms with van der Waals surface area (Å²) in [5.41, 5.74) is 1.59. The highest BCUT2D eigenvalue weighted by Gasteiger charge is 2.14. The number of benzene rings is 2. The fourth-order valence-corrected chi connectivity index (χ4v) is 3.59. The first-order valence-electron chi connectivity index (χ1n) is 6.04. The van der Waals surface area contributed by atoms with Crippen molar-refractivity contribution in [2.45, 2.75) is 12.4 Å². The molecule has 0 radical (unpaired) electrons. The summed E-state index contributed by atoms with van der Waals surface area (Å²) in [7, 11) is -3.59. The Balaban J connectivity index is 2.20. The van der Waals surface area contributed by atoms with Gasteiger partial charge in [-0.05, 0) is 29.3 Å². The molecule has 21 heavy (non-hydrogen) atoms. The van der Waals surface area contributed by atoms with Gasteiger partial charge in [0.15, 0.2) is 0 Å². The summed E-state index contributed by atoms with van der Waals surface area (Å²) < 4.78 is 27.6. The first-order valence-corrected chi connectivity index (χ1v) is 8.86. The fraction of sp³-hybridized carbons (Fsp3) is 0.143. The van der Waals surface area contributed by atoms with Gasteiger partial charge < -0.3 is 5.11 Å². The molecular weight excluding hydrogens is 378 g/mol. The lowest BCUT2D eigenvalue weighted by Crippen LogP contribution is -2.15. The van der Waals surface area contributed by atoms with Crippen molar-refractivity contribution in [1.29, 1.82) is 0 Å². The first-order chi connectivity index (χ1) is 9.89. The molecule has 4 nitrogen and oxygen atoms in total. The summed E-state index contributed by atoms with van der Waals surface area (Å²) in [5, 5.41) is 9.40. The second-order valence-corrected chi connectivity index (χ2v) is 7.51. The van der Waals surface area contributed by atoms with Crippen molar-refractivity contribution in [1.82, 2.24) is 0 Å². The molecule has 7 heteroatoms. The second-order valence-electron chi connectivity index (χ2n) is 4.46. The number of anilines is 1. The van der Waals surface area contributed by atoms with Crippen LogP contribution < -0.4 is 4.72 Å². The molecule has 0 unspecified atom stereocenters. The van der Waals surface area contributed by atoms with E-state index in [2.05, 4.69) is 20.7 Å². The highest BCUT2D eigenvalue weighted by Crippen LogP contribution is 2.27. The van der Waals surface area contributed by atoms with Crippen LogP contribution in [0.5, 0.6) is 0 Å². The molecule has 0 aromatic heterocycles. The van der Waals surface area contributed by atoms with Crippen LogP contribution in [-0.4, -0.2) is 13.5 Å². The number of hydrogen-bond acceptors (Lipinski definition) is 3. The van der Waals surface area contributed by atoms with Crippen molar-refractivity contribution in [2.24, 2.45) is 0 Å². The minimum Gasteiger partial charge on any atom is -0.392 e. The zero-order chi connectivity index (χ0) is 15.5. The van der Waals surface area contributed by atoms with Gasteiger partial charge in [-0.15, -0.1) is 0 Å². The molecule has 0 aliphatic heterocycles. The van der Waals surface area contributed by atoms with Gasteiger partial charge in [0.25, 0.3) is 0 Å². The van der Waals surface area contributed by atoms with Gasteiger partial charge >= 0.3 is 0 Å². The van der Waals surface area contributed by atoms with Crippen molar-refractivity contribution >= 4 is 43.2 Å². The quantitative estimate of drug-likeness (QED) is 0.820. The van der Waals surface area contributed by atoms with E-state index in [1.165, 1.54) is 0 Å². The second kappa shape index (κ2) is 6.79. The summed E-state index contributed by atoms with van der Waals surface area (Å²) in [6, 6.07) is 11.7. The molecule has 2 rings (SSSR count). The third-order valence-corrected chi connectivity index (χ3v) is 4.79. The van der Waals surface area contributed by atoms with Crippen molar-refractivity contribution in [3.63, 3.8) is 0 Å². The fourth-order valence-electron chi connectivity index (χ4n) is 1.82. The zero-order valence-electron chi connectivity index (χ0n) is 10.9. The number of rotatable bonds is 5. The van der Waals surface area contributed by atoms with Gasteiger partial charge in [0.05, 0.1) is 23.1 Å². The number of aliphatic hydroxyl groups is 1. The number of halogens is 2. The maximum Gasteiger partial charge on any atom is 0.236 e. The molecule has 0 amide bonds. The molecule has 0 saturated carbocycles. The predicted molar refractivity (Wildman–Crippen MR) is 87.8 cm³/mol. The van der Waals surface area contributed by atoms with Crippen molar-refractivity contribution < 1.29 is 13.5 Å². The summed E-state index contributed by atoms with van der Waals surface area (Å²) in [6.45, 7) is -0.126. The van der Waals surface area contributed by atoms with Crippen LogP contribution in [0.15, 0.2) is 46.9 Å². The van der Waals surface area contributed by atoms with Crippen LogP contribution in [0.1, 0.15) is 11.1 Å². The molecule has 0 atom stereocenters. The third-order valence-electron chi connectivity index (χ3n) is 2.72. The summed E-state index contributed by atoms with van der Waals surface area (Å²) in [5.74, 6) is -0.191. The molecule has 2 N–H and O–H groups in total. The number of hydrogen-bond donors (Lipinski definition) is 2. The summed E-state index contributed by atoms with van der Waals surface area (Å²) >= 11 is 9.24. The molecule has 0 aliphatic rings. The zero-order valence-corrected chi connectivity index (χ0v) is 14.0. The summed E-state index contributed by atoms with van der Waals surface area (Å²) in [6.07, 6.45) is 0. The van der Waals surface area contributed by atoms with E-state index in [1.807, 2.05) is 0 Å². The Kier molecular flexibility index (Phi) is 5.27. The predicted octanol–water partition coefficient (Wildman–Crippen LogP) is 3.54. The van der Waals surface area contributed by atoms with E-state index in [4.69, 9.17) is 16.7 Å². The van der Waals surface area contributed by atoms with Gasteiger partial charge in [-0.25, -0.2) is 8.42 Å². The monoisotopic (exact) mass is 389 g/mol. The van der Waals surface area contributed by atoms with Crippen LogP contribution in [0.25, 0.3) is 0 Å². The maximum absolute atomic E-state index is 12.2. The largest absolute Gasteiger partial charge is 0.392 e. The Bertz CT molecular complexity index is 750. The van der Waals surface area contributed by atoms with Crippen LogP contribution in [0.4, 0.5) is 5.69 Å². The van der Waals surface area contributed by atoms with E-state index in [-0.39, 0.29) is 12.4 Å². The van der Waals surface area contributed by atoms with E-state index < -0.39 is 10.0 Å². The molecule has 0 saturated heterocycles. The average molecular weight is 391 g/mol. The molecule has 0 aliphatic carbocycles.